The van der Waals surface area contributed by atoms with E-state index in [9.17, 15) is 9.59 Å². The zero-order chi connectivity index (χ0) is 33.0. The Kier molecular flexibility index (Phi) is 11.1. The Morgan fingerprint density at radius 1 is 0.489 bits per heavy atom. The fraction of sp³-hybridized carbons (Fsp3) is 0.116. The molecule has 5 aromatic carbocycles. The zero-order valence-electron chi connectivity index (χ0n) is 26.5. The van der Waals surface area contributed by atoms with Crippen LogP contribution < -0.4 is 0 Å². The molecule has 234 valence electrons. The van der Waals surface area contributed by atoms with Gasteiger partial charge in [-0.05, 0) is 92.2 Å². The lowest BCUT2D eigenvalue weighted by atomic mass is 9.92. The van der Waals surface area contributed by atoms with Crippen molar-refractivity contribution in [1.82, 2.24) is 0 Å². The van der Waals surface area contributed by atoms with E-state index in [2.05, 4.69) is 135 Å². The number of aryl methyl sites for hydroxylation is 1. The molecule has 0 aliphatic heterocycles. The molecule has 0 atom stereocenters. The number of rotatable bonds is 14. The van der Waals surface area contributed by atoms with Gasteiger partial charge in [0.15, 0.2) is 0 Å². The Bertz CT molecular complexity index is 1880. The van der Waals surface area contributed by atoms with Crippen molar-refractivity contribution in [2.24, 2.45) is 0 Å². The molecule has 0 bridgehead atoms. The summed E-state index contributed by atoms with van der Waals surface area (Å²) in [6.45, 7) is 11.4. The van der Waals surface area contributed by atoms with Gasteiger partial charge in [-0.3, -0.25) is 0 Å². The minimum atomic E-state index is -0.425. The Morgan fingerprint density at radius 2 is 0.957 bits per heavy atom. The first-order chi connectivity index (χ1) is 22.9. The van der Waals surface area contributed by atoms with Gasteiger partial charge in [-0.25, -0.2) is 9.59 Å². The van der Waals surface area contributed by atoms with Crippen molar-refractivity contribution in [2.75, 3.05) is 13.2 Å². The Labute approximate surface area is 277 Å². The van der Waals surface area contributed by atoms with E-state index in [0.29, 0.717) is 13.0 Å². The first-order valence-corrected chi connectivity index (χ1v) is 15.7. The predicted octanol–water partition coefficient (Wildman–Crippen LogP) is 9.93. The second-order valence-corrected chi connectivity index (χ2v) is 11.2. The van der Waals surface area contributed by atoms with Crippen molar-refractivity contribution in [3.8, 4) is 44.5 Å². The van der Waals surface area contributed by atoms with Crippen LogP contribution in [0.15, 0.2) is 147 Å². The summed E-state index contributed by atoms with van der Waals surface area (Å²) in [6.07, 6.45) is 6.38. The molecule has 0 N–H and O–H groups in total. The number of benzene rings is 5. The third-order valence-corrected chi connectivity index (χ3v) is 7.97. The number of hydrogen-bond acceptors (Lipinski definition) is 4. The molecule has 0 radical (unpaired) electrons. The lowest BCUT2D eigenvalue weighted by molar-refractivity contribution is -0.138. The molecule has 47 heavy (non-hydrogen) atoms. The van der Waals surface area contributed by atoms with Crippen LogP contribution in [0, 0.1) is 0 Å². The van der Waals surface area contributed by atoms with Crippen molar-refractivity contribution < 1.29 is 19.1 Å². The van der Waals surface area contributed by atoms with Crippen LogP contribution in [0.25, 0.3) is 50.6 Å². The smallest absolute Gasteiger partial charge is 0.330 e. The lowest BCUT2D eigenvalue weighted by Gasteiger charge is -2.13. The topological polar surface area (TPSA) is 52.6 Å². The Balaban J connectivity index is 1.42. The third-order valence-electron chi connectivity index (χ3n) is 7.97. The van der Waals surface area contributed by atoms with Crippen molar-refractivity contribution in [1.29, 1.82) is 0 Å². The van der Waals surface area contributed by atoms with Crippen molar-refractivity contribution in [2.45, 2.75) is 19.3 Å². The van der Waals surface area contributed by atoms with Crippen molar-refractivity contribution in [3.63, 3.8) is 0 Å². The molecule has 0 aliphatic rings. The highest BCUT2D eigenvalue weighted by molar-refractivity contribution is 5.82. The highest BCUT2D eigenvalue weighted by Gasteiger charge is 2.10. The van der Waals surface area contributed by atoms with Crippen LogP contribution in [0.2, 0.25) is 0 Å². The van der Waals surface area contributed by atoms with E-state index in [0.717, 1.165) is 68.5 Å². The van der Waals surface area contributed by atoms with E-state index >= 15 is 0 Å². The quantitative estimate of drug-likeness (QED) is 0.0706. The molecule has 5 rings (SSSR count). The molecule has 4 nitrogen and oxygen atoms in total. The number of carbonyl (C=O) groups is 2. The summed E-state index contributed by atoms with van der Waals surface area (Å²) in [4.78, 5) is 23.0. The molecule has 4 heteroatoms. The van der Waals surface area contributed by atoms with E-state index < -0.39 is 11.9 Å². The van der Waals surface area contributed by atoms with E-state index in [1.54, 1.807) is 0 Å². The number of hydrogen-bond donors (Lipinski definition) is 0. The van der Waals surface area contributed by atoms with Crippen LogP contribution in [0.3, 0.4) is 0 Å². The standard InChI is InChI=1S/C43H38O4/c1-4-31-15-19-34(20-16-31)36-11-7-13-38(28-36)40-26-33(23-25-47-43(45)6-3)27-41(30-40)39-14-8-12-37(29-39)35-21-17-32(18-22-35)10-9-24-46-42(44)5-2/h4-8,11-22,26-30H,1-3,9-10,23-25H2. The highest BCUT2D eigenvalue weighted by atomic mass is 16.5. The summed E-state index contributed by atoms with van der Waals surface area (Å²) < 4.78 is 10.4. The molecule has 0 aromatic heterocycles. The van der Waals surface area contributed by atoms with Gasteiger partial charge < -0.3 is 9.47 Å². The van der Waals surface area contributed by atoms with Crippen LogP contribution in [0.5, 0.6) is 0 Å². The number of esters is 2. The molecule has 0 saturated carbocycles. The number of carbonyl (C=O) groups excluding carboxylic acids is 2. The van der Waals surface area contributed by atoms with Gasteiger partial charge in [-0.2, -0.15) is 0 Å². The molecule has 0 spiro atoms. The highest BCUT2D eigenvalue weighted by Crippen LogP contribution is 2.33. The molecule has 0 fully saturated rings. The van der Waals surface area contributed by atoms with Gasteiger partial charge in [0.25, 0.3) is 0 Å². The normalized spacial score (nSPS) is 10.6. The van der Waals surface area contributed by atoms with Gasteiger partial charge in [-0.15, -0.1) is 0 Å². The van der Waals surface area contributed by atoms with E-state index in [-0.39, 0.29) is 6.61 Å². The molecule has 0 heterocycles. The molecule has 0 saturated heterocycles. The van der Waals surface area contributed by atoms with Crippen molar-refractivity contribution in [3.05, 3.63) is 164 Å². The average molecular weight is 619 g/mol. The summed E-state index contributed by atoms with van der Waals surface area (Å²) in [6, 6.07) is 40.5. The first kappa shape index (κ1) is 32.6. The van der Waals surface area contributed by atoms with Crippen LogP contribution in [-0.2, 0) is 31.9 Å². The Morgan fingerprint density at radius 3 is 1.47 bits per heavy atom. The van der Waals surface area contributed by atoms with Gasteiger partial charge in [0.2, 0.25) is 0 Å². The molecular weight excluding hydrogens is 580 g/mol. The summed E-state index contributed by atoms with van der Waals surface area (Å²) in [5, 5.41) is 0. The van der Waals surface area contributed by atoms with Gasteiger partial charge in [0.05, 0.1) is 13.2 Å². The second-order valence-electron chi connectivity index (χ2n) is 11.2. The van der Waals surface area contributed by atoms with Crippen LogP contribution in [-0.4, -0.2) is 25.2 Å². The fourth-order valence-electron chi connectivity index (χ4n) is 5.44. The van der Waals surface area contributed by atoms with Gasteiger partial charge in [-0.1, -0.05) is 123 Å². The molecule has 5 aromatic rings. The SMILES string of the molecule is C=CC(=O)OCCCc1ccc(-c2cccc(-c3cc(CCOC(=O)C=C)cc(-c4cccc(-c5ccc(C=C)cc5)c4)c3)c2)cc1. The van der Waals surface area contributed by atoms with Gasteiger partial charge in [0, 0.05) is 18.6 Å². The van der Waals surface area contributed by atoms with Crippen LogP contribution in [0.1, 0.15) is 23.1 Å². The summed E-state index contributed by atoms with van der Waals surface area (Å²) >= 11 is 0. The maximum Gasteiger partial charge on any atom is 0.330 e. The Hall–Kier alpha value is -5.74. The zero-order valence-corrected chi connectivity index (χ0v) is 26.5. The first-order valence-electron chi connectivity index (χ1n) is 15.7. The summed E-state index contributed by atoms with van der Waals surface area (Å²) in [7, 11) is 0. The van der Waals surface area contributed by atoms with E-state index in [4.69, 9.17) is 9.47 Å². The lowest BCUT2D eigenvalue weighted by Crippen LogP contribution is -2.04. The monoisotopic (exact) mass is 618 g/mol. The summed E-state index contributed by atoms with van der Waals surface area (Å²) in [5.74, 6) is -0.816. The molecule has 0 aliphatic carbocycles. The minimum Gasteiger partial charge on any atom is -0.463 e. The third kappa shape index (κ3) is 8.93. The summed E-state index contributed by atoms with van der Waals surface area (Å²) in [5.41, 5.74) is 12.2. The minimum absolute atomic E-state index is 0.270. The predicted molar refractivity (Wildman–Crippen MR) is 193 cm³/mol. The van der Waals surface area contributed by atoms with Gasteiger partial charge >= 0.3 is 11.9 Å². The molecule has 0 unspecified atom stereocenters. The molecule has 0 amide bonds. The molecular formula is C43H38O4. The maximum absolute atomic E-state index is 11.7. The van der Waals surface area contributed by atoms with Crippen LogP contribution >= 0.6 is 0 Å². The number of ether oxygens (including phenoxy) is 2. The van der Waals surface area contributed by atoms with Gasteiger partial charge in [0.1, 0.15) is 0 Å². The average Bonchev–Trinajstić information content (AvgIpc) is 3.13. The second kappa shape index (κ2) is 16.0. The van der Waals surface area contributed by atoms with E-state index in [1.807, 2.05) is 6.08 Å². The largest absolute Gasteiger partial charge is 0.463 e. The van der Waals surface area contributed by atoms with Crippen LogP contribution in [0.4, 0.5) is 0 Å². The fourth-order valence-corrected chi connectivity index (χ4v) is 5.44. The van der Waals surface area contributed by atoms with E-state index in [1.165, 1.54) is 17.7 Å². The van der Waals surface area contributed by atoms with Crippen molar-refractivity contribution >= 4 is 18.0 Å². The maximum atomic E-state index is 11.7.